The number of hydrogen-bond donors (Lipinski definition) is 0. The summed E-state index contributed by atoms with van der Waals surface area (Å²) >= 11 is 3.36. The Labute approximate surface area is 121 Å². The molecule has 0 fully saturated rings. The molecular weight excluding hydrogens is 280 g/mol. The molecule has 0 atom stereocenters. The molecule has 0 aromatic heterocycles. The van der Waals surface area contributed by atoms with Crippen molar-refractivity contribution in [1.82, 2.24) is 0 Å². The predicted octanol–water partition coefficient (Wildman–Crippen LogP) is 4.09. The number of hydrogen-bond acceptors (Lipinski definition) is 5. The van der Waals surface area contributed by atoms with Crippen LogP contribution in [0.1, 0.15) is 25.3 Å². The fourth-order valence-corrected chi connectivity index (χ4v) is 3.58. The van der Waals surface area contributed by atoms with E-state index in [0.717, 1.165) is 17.3 Å². The molecule has 1 aromatic rings. The van der Waals surface area contributed by atoms with E-state index in [1.54, 1.807) is 12.1 Å². The summed E-state index contributed by atoms with van der Waals surface area (Å²) in [5.41, 5.74) is 0.357. The molecule has 0 amide bonds. The van der Waals surface area contributed by atoms with Gasteiger partial charge in [0.05, 0.1) is 21.5 Å². The van der Waals surface area contributed by atoms with Gasteiger partial charge < -0.3 is 0 Å². The quantitative estimate of drug-likeness (QED) is 0.313. The molecule has 0 aliphatic heterocycles. The molecule has 0 radical (unpaired) electrons. The zero-order chi connectivity index (χ0) is 14.1. The summed E-state index contributed by atoms with van der Waals surface area (Å²) < 4.78 is 0. The number of nitrogens with zero attached hydrogens (tertiary/aromatic N) is 2. The van der Waals surface area contributed by atoms with Crippen LogP contribution in [0.5, 0.6) is 0 Å². The predicted molar refractivity (Wildman–Crippen MR) is 80.8 cm³/mol. The van der Waals surface area contributed by atoms with Crippen molar-refractivity contribution >= 4 is 29.2 Å². The molecule has 1 rings (SSSR count). The number of rotatable bonds is 8. The zero-order valence-electron chi connectivity index (χ0n) is 10.8. The van der Waals surface area contributed by atoms with Crippen LogP contribution in [0.25, 0.3) is 0 Å². The Morgan fingerprint density at radius 1 is 1.37 bits per heavy atom. The fraction of sp³-hybridized carbons (Fsp3) is 0.462. The van der Waals surface area contributed by atoms with Gasteiger partial charge in [0.15, 0.2) is 0 Å². The van der Waals surface area contributed by atoms with E-state index in [9.17, 15) is 10.1 Å². The van der Waals surface area contributed by atoms with Crippen LogP contribution < -0.4 is 0 Å². The first-order valence-corrected chi connectivity index (χ1v) is 8.22. The zero-order valence-corrected chi connectivity index (χ0v) is 12.4. The molecular formula is C13H16N2O2S2. The number of benzene rings is 1. The fourth-order valence-electron chi connectivity index (χ4n) is 1.41. The van der Waals surface area contributed by atoms with E-state index in [1.807, 2.05) is 17.8 Å². The summed E-state index contributed by atoms with van der Waals surface area (Å²) in [7, 11) is 0. The lowest BCUT2D eigenvalue weighted by molar-refractivity contribution is -0.387. The van der Waals surface area contributed by atoms with Crippen molar-refractivity contribution in [2.24, 2.45) is 0 Å². The Hall–Kier alpha value is -1.19. The second-order valence-electron chi connectivity index (χ2n) is 3.87. The van der Waals surface area contributed by atoms with Gasteiger partial charge in [0.2, 0.25) is 0 Å². The van der Waals surface area contributed by atoms with Crippen molar-refractivity contribution in [3.63, 3.8) is 0 Å². The van der Waals surface area contributed by atoms with Gasteiger partial charge >= 0.3 is 0 Å². The van der Waals surface area contributed by atoms with E-state index in [1.165, 1.54) is 30.7 Å². The van der Waals surface area contributed by atoms with Gasteiger partial charge in [-0.1, -0.05) is 13.3 Å². The van der Waals surface area contributed by atoms with E-state index in [4.69, 9.17) is 5.26 Å². The first kappa shape index (κ1) is 15.9. The maximum atomic E-state index is 10.9. The minimum atomic E-state index is -0.423. The molecule has 4 nitrogen and oxygen atoms in total. The van der Waals surface area contributed by atoms with Gasteiger partial charge in [0.25, 0.3) is 5.69 Å². The van der Waals surface area contributed by atoms with Crippen molar-refractivity contribution in [2.75, 3.05) is 17.3 Å². The third kappa shape index (κ3) is 5.53. The van der Waals surface area contributed by atoms with Crippen LogP contribution in [-0.4, -0.2) is 22.2 Å². The van der Waals surface area contributed by atoms with Crippen LogP contribution in [0.2, 0.25) is 0 Å². The van der Waals surface area contributed by atoms with Gasteiger partial charge in [0.1, 0.15) is 0 Å². The van der Waals surface area contributed by atoms with E-state index in [2.05, 4.69) is 6.92 Å². The monoisotopic (exact) mass is 296 g/mol. The van der Waals surface area contributed by atoms with E-state index < -0.39 is 4.92 Å². The largest absolute Gasteiger partial charge is 0.284 e. The topological polar surface area (TPSA) is 66.9 Å². The normalized spacial score (nSPS) is 10.1. The minimum absolute atomic E-state index is 0.0302. The molecule has 0 aliphatic rings. The maximum absolute atomic E-state index is 10.9. The highest BCUT2D eigenvalue weighted by molar-refractivity contribution is 8.03. The van der Waals surface area contributed by atoms with Gasteiger partial charge in [-0.2, -0.15) is 17.0 Å². The lowest BCUT2D eigenvalue weighted by Gasteiger charge is -2.03. The number of nitro groups is 1. The molecule has 102 valence electrons. The highest BCUT2D eigenvalue weighted by atomic mass is 32.2. The molecule has 6 heteroatoms. The van der Waals surface area contributed by atoms with Crippen LogP contribution in [0.3, 0.4) is 0 Å². The number of unbranched alkanes of at least 4 members (excludes halogenated alkanes) is 1. The second-order valence-corrected chi connectivity index (χ2v) is 6.23. The van der Waals surface area contributed by atoms with Crippen molar-refractivity contribution in [3.05, 3.63) is 33.9 Å². The van der Waals surface area contributed by atoms with E-state index in [-0.39, 0.29) is 5.69 Å². The molecule has 0 unspecified atom stereocenters. The van der Waals surface area contributed by atoms with E-state index >= 15 is 0 Å². The van der Waals surface area contributed by atoms with Gasteiger partial charge in [-0.15, -0.1) is 11.8 Å². The number of thioether (sulfide) groups is 2. The number of nitriles is 1. The molecule has 0 aliphatic carbocycles. The average molecular weight is 296 g/mol. The molecule has 19 heavy (non-hydrogen) atoms. The average Bonchev–Trinajstić information content (AvgIpc) is 2.42. The highest BCUT2D eigenvalue weighted by Gasteiger charge is 2.14. The Morgan fingerprint density at radius 2 is 2.16 bits per heavy atom. The van der Waals surface area contributed by atoms with Crippen LogP contribution in [0.15, 0.2) is 23.1 Å². The van der Waals surface area contributed by atoms with Crippen molar-refractivity contribution in [3.8, 4) is 6.07 Å². The summed E-state index contributed by atoms with van der Waals surface area (Å²) in [5.74, 6) is 2.98. The Balaban J connectivity index is 2.53. The SMILES string of the molecule is CCCCSCCSc1ccc(C#N)cc1[N+](=O)[O-]. The van der Waals surface area contributed by atoms with Crippen LogP contribution in [0, 0.1) is 21.4 Å². The summed E-state index contributed by atoms with van der Waals surface area (Å²) in [6.45, 7) is 2.16. The summed E-state index contributed by atoms with van der Waals surface area (Å²) in [4.78, 5) is 11.2. The molecule has 0 bridgehead atoms. The third-order valence-corrected chi connectivity index (χ3v) is 4.81. The van der Waals surface area contributed by atoms with Crippen molar-refractivity contribution in [2.45, 2.75) is 24.7 Å². The summed E-state index contributed by atoms with van der Waals surface area (Å²) in [6.07, 6.45) is 2.41. The molecule has 0 heterocycles. The lowest BCUT2D eigenvalue weighted by Crippen LogP contribution is -1.94. The van der Waals surface area contributed by atoms with Crippen LogP contribution in [-0.2, 0) is 0 Å². The smallest absolute Gasteiger partial charge is 0.258 e. The standard InChI is InChI=1S/C13H16N2O2S2/c1-2-3-6-18-7-8-19-13-5-4-11(10-14)9-12(13)15(16)17/h4-5,9H,2-3,6-8H2,1H3. The Bertz CT molecular complexity index is 472. The first-order chi connectivity index (χ1) is 9.19. The molecule has 0 N–H and O–H groups in total. The van der Waals surface area contributed by atoms with Crippen molar-refractivity contribution in [1.29, 1.82) is 5.26 Å². The first-order valence-electron chi connectivity index (χ1n) is 6.08. The second kappa shape index (κ2) is 8.83. The van der Waals surface area contributed by atoms with Crippen LogP contribution >= 0.6 is 23.5 Å². The van der Waals surface area contributed by atoms with Crippen molar-refractivity contribution < 1.29 is 4.92 Å². The van der Waals surface area contributed by atoms with Crippen LogP contribution in [0.4, 0.5) is 5.69 Å². The summed E-state index contributed by atoms with van der Waals surface area (Å²) in [6, 6.07) is 6.55. The highest BCUT2D eigenvalue weighted by Crippen LogP contribution is 2.30. The Kier molecular flexibility index (Phi) is 7.38. The van der Waals surface area contributed by atoms with Gasteiger partial charge in [-0.05, 0) is 24.3 Å². The van der Waals surface area contributed by atoms with Gasteiger partial charge in [-0.25, -0.2) is 0 Å². The summed E-state index contributed by atoms with van der Waals surface area (Å²) in [5, 5.41) is 19.7. The maximum Gasteiger partial charge on any atom is 0.284 e. The Morgan fingerprint density at radius 3 is 2.79 bits per heavy atom. The molecule has 0 saturated carbocycles. The molecule has 1 aromatic carbocycles. The molecule has 0 spiro atoms. The minimum Gasteiger partial charge on any atom is -0.258 e. The molecule has 0 saturated heterocycles. The van der Waals surface area contributed by atoms with E-state index in [0.29, 0.717) is 10.5 Å². The third-order valence-electron chi connectivity index (χ3n) is 2.41. The number of nitro benzene ring substituents is 1. The lowest BCUT2D eigenvalue weighted by atomic mass is 10.2. The van der Waals surface area contributed by atoms with Gasteiger partial charge in [-0.3, -0.25) is 10.1 Å². The van der Waals surface area contributed by atoms with Gasteiger partial charge in [0, 0.05) is 17.6 Å².